The molecule has 0 bridgehead atoms. The van der Waals surface area contributed by atoms with Crippen molar-refractivity contribution in [2.24, 2.45) is 5.92 Å². The number of nitrogens with one attached hydrogen (secondary N) is 1. The molecule has 0 aromatic heterocycles. The largest absolute Gasteiger partial charge is 0.453 e. The third kappa shape index (κ3) is 5.92. The van der Waals surface area contributed by atoms with E-state index in [0.717, 1.165) is 32.5 Å². The summed E-state index contributed by atoms with van der Waals surface area (Å²) in [5, 5.41) is 2.51. The van der Waals surface area contributed by atoms with Crippen LogP contribution in [0.5, 0.6) is 0 Å². The number of methoxy groups -OCH3 is 1. The Balaban J connectivity index is 2.25. The fraction of sp³-hybridized carbons (Fsp3) is 0.846. The van der Waals surface area contributed by atoms with Gasteiger partial charge in [0, 0.05) is 32.7 Å². The van der Waals surface area contributed by atoms with Gasteiger partial charge in [0.2, 0.25) is 5.91 Å². The van der Waals surface area contributed by atoms with Crippen molar-refractivity contribution in [3.8, 4) is 0 Å². The van der Waals surface area contributed by atoms with Gasteiger partial charge in [-0.05, 0) is 25.7 Å². The van der Waals surface area contributed by atoms with Crippen LogP contribution in [0.1, 0.15) is 26.2 Å². The Kier molecular flexibility index (Phi) is 7.25. The molecule has 6 heteroatoms. The van der Waals surface area contributed by atoms with E-state index in [1.807, 2.05) is 11.8 Å². The highest BCUT2D eigenvalue weighted by atomic mass is 16.5. The van der Waals surface area contributed by atoms with Gasteiger partial charge in [-0.15, -0.1) is 0 Å². The molecule has 19 heavy (non-hydrogen) atoms. The molecular weight excluding hydrogens is 248 g/mol. The van der Waals surface area contributed by atoms with Crippen molar-refractivity contribution in [3.05, 3.63) is 0 Å². The lowest BCUT2D eigenvalue weighted by molar-refractivity contribution is -0.133. The van der Waals surface area contributed by atoms with Crippen LogP contribution in [0.2, 0.25) is 0 Å². The summed E-state index contributed by atoms with van der Waals surface area (Å²) in [6.45, 7) is 5.30. The first-order valence-electron chi connectivity index (χ1n) is 6.84. The minimum absolute atomic E-state index is 0.0811. The van der Waals surface area contributed by atoms with E-state index in [1.165, 1.54) is 7.11 Å². The van der Waals surface area contributed by atoms with E-state index < -0.39 is 6.09 Å². The number of amides is 2. The van der Waals surface area contributed by atoms with Gasteiger partial charge >= 0.3 is 6.09 Å². The summed E-state index contributed by atoms with van der Waals surface area (Å²) in [5.41, 5.74) is 0. The molecule has 0 aliphatic carbocycles. The minimum atomic E-state index is -0.499. The van der Waals surface area contributed by atoms with Crippen LogP contribution in [-0.4, -0.2) is 56.9 Å². The van der Waals surface area contributed by atoms with Crippen molar-refractivity contribution in [3.63, 3.8) is 0 Å². The van der Waals surface area contributed by atoms with Crippen molar-refractivity contribution in [2.45, 2.75) is 26.2 Å². The fourth-order valence-corrected chi connectivity index (χ4v) is 2.21. The number of likely N-dealkylation sites (tertiary alicyclic amines) is 1. The molecule has 110 valence electrons. The lowest BCUT2D eigenvalue weighted by Crippen LogP contribution is -2.42. The van der Waals surface area contributed by atoms with Crippen molar-refractivity contribution in [1.82, 2.24) is 10.2 Å². The van der Waals surface area contributed by atoms with Crippen LogP contribution < -0.4 is 5.32 Å². The number of hydrogen-bond donors (Lipinski definition) is 1. The van der Waals surface area contributed by atoms with Gasteiger partial charge in [-0.3, -0.25) is 4.79 Å². The lowest BCUT2D eigenvalue weighted by Gasteiger charge is -2.32. The smallest absolute Gasteiger partial charge is 0.406 e. The molecule has 2 amide bonds. The van der Waals surface area contributed by atoms with E-state index >= 15 is 0 Å². The molecule has 1 aliphatic rings. The van der Waals surface area contributed by atoms with Gasteiger partial charge in [0.15, 0.2) is 0 Å². The Morgan fingerprint density at radius 1 is 1.42 bits per heavy atom. The Morgan fingerprint density at radius 2 is 2.21 bits per heavy atom. The van der Waals surface area contributed by atoms with Gasteiger partial charge in [-0.1, -0.05) is 0 Å². The molecule has 0 spiro atoms. The summed E-state index contributed by atoms with van der Waals surface area (Å²) in [4.78, 5) is 24.7. The van der Waals surface area contributed by atoms with E-state index in [4.69, 9.17) is 4.74 Å². The van der Waals surface area contributed by atoms with Crippen molar-refractivity contribution in [1.29, 1.82) is 0 Å². The predicted molar refractivity (Wildman–Crippen MR) is 70.8 cm³/mol. The summed E-state index contributed by atoms with van der Waals surface area (Å²) in [7, 11) is 1.31. The zero-order valence-electron chi connectivity index (χ0n) is 11.8. The fourth-order valence-electron chi connectivity index (χ4n) is 2.21. The number of piperidine rings is 1. The lowest BCUT2D eigenvalue weighted by atomic mass is 9.99. The standard InChI is InChI=1S/C13H24N2O4/c1-3-19-10-11-5-4-8-15(9-11)12(16)6-7-14-13(17)18-2/h11H,3-10H2,1-2H3,(H,14,17). The summed E-state index contributed by atoms with van der Waals surface area (Å²) in [5.74, 6) is 0.517. The Morgan fingerprint density at radius 3 is 2.89 bits per heavy atom. The summed E-state index contributed by atoms with van der Waals surface area (Å²) in [6, 6.07) is 0. The number of carbonyl (C=O) groups excluding carboxylic acids is 2. The van der Waals surface area contributed by atoms with Crippen LogP contribution in [0.15, 0.2) is 0 Å². The Labute approximate surface area is 114 Å². The molecule has 1 saturated heterocycles. The average Bonchev–Trinajstić information content (AvgIpc) is 2.45. The van der Waals surface area contributed by atoms with Gasteiger partial charge in [0.25, 0.3) is 0 Å². The van der Waals surface area contributed by atoms with Gasteiger partial charge in [0.1, 0.15) is 0 Å². The van der Waals surface area contributed by atoms with Crippen LogP contribution in [0, 0.1) is 5.92 Å². The molecule has 1 aliphatic heterocycles. The van der Waals surface area contributed by atoms with Crippen LogP contribution >= 0.6 is 0 Å². The second kappa shape index (κ2) is 8.74. The van der Waals surface area contributed by atoms with E-state index in [9.17, 15) is 9.59 Å². The second-order valence-corrected chi connectivity index (χ2v) is 4.68. The molecule has 1 rings (SSSR count). The first kappa shape index (κ1) is 15.8. The van der Waals surface area contributed by atoms with Gasteiger partial charge in [-0.2, -0.15) is 0 Å². The maximum atomic E-state index is 12.0. The monoisotopic (exact) mass is 272 g/mol. The molecule has 1 heterocycles. The number of alkyl carbamates (subject to hydrolysis) is 1. The Bertz CT molecular complexity index is 296. The third-order valence-electron chi connectivity index (χ3n) is 3.22. The highest BCUT2D eigenvalue weighted by Crippen LogP contribution is 2.17. The molecule has 1 unspecified atom stereocenters. The normalized spacial score (nSPS) is 19.1. The van der Waals surface area contributed by atoms with Crippen LogP contribution in [-0.2, 0) is 14.3 Å². The maximum absolute atomic E-state index is 12.0. The molecule has 0 saturated carbocycles. The molecular formula is C13H24N2O4. The number of nitrogens with zero attached hydrogens (tertiary/aromatic N) is 1. The molecule has 1 fully saturated rings. The van der Waals surface area contributed by atoms with E-state index in [-0.39, 0.29) is 5.91 Å². The second-order valence-electron chi connectivity index (χ2n) is 4.68. The third-order valence-corrected chi connectivity index (χ3v) is 3.22. The van der Waals surface area contributed by atoms with Gasteiger partial charge < -0.3 is 19.7 Å². The summed E-state index contributed by atoms with van der Waals surface area (Å²) >= 11 is 0. The summed E-state index contributed by atoms with van der Waals surface area (Å²) < 4.78 is 9.86. The topological polar surface area (TPSA) is 67.9 Å². The quantitative estimate of drug-likeness (QED) is 0.783. The summed E-state index contributed by atoms with van der Waals surface area (Å²) in [6.07, 6.45) is 1.95. The van der Waals surface area contributed by atoms with E-state index in [2.05, 4.69) is 10.1 Å². The van der Waals surface area contributed by atoms with Gasteiger partial charge in [0.05, 0.1) is 13.7 Å². The molecule has 0 radical (unpaired) electrons. The average molecular weight is 272 g/mol. The molecule has 1 N–H and O–H groups in total. The van der Waals surface area contributed by atoms with Crippen LogP contribution in [0.25, 0.3) is 0 Å². The number of ether oxygens (including phenoxy) is 2. The zero-order chi connectivity index (χ0) is 14.1. The zero-order valence-corrected chi connectivity index (χ0v) is 11.8. The highest BCUT2D eigenvalue weighted by Gasteiger charge is 2.23. The molecule has 6 nitrogen and oxygen atoms in total. The van der Waals surface area contributed by atoms with Crippen LogP contribution in [0.4, 0.5) is 4.79 Å². The highest BCUT2D eigenvalue weighted by molar-refractivity contribution is 5.77. The SMILES string of the molecule is CCOCC1CCCN(C(=O)CCNC(=O)OC)C1. The van der Waals surface area contributed by atoms with Crippen molar-refractivity contribution >= 4 is 12.0 Å². The van der Waals surface area contributed by atoms with Gasteiger partial charge in [-0.25, -0.2) is 4.79 Å². The van der Waals surface area contributed by atoms with E-state index in [0.29, 0.717) is 25.5 Å². The number of hydrogen-bond acceptors (Lipinski definition) is 4. The molecule has 0 aromatic carbocycles. The first-order valence-corrected chi connectivity index (χ1v) is 6.84. The van der Waals surface area contributed by atoms with E-state index in [1.54, 1.807) is 0 Å². The first-order chi connectivity index (χ1) is 9.17. The Hall–Kier alpha value is -1.30. The number of carbonyl (C=O) groups is 2. The maximum Gasteiger partial charge on any atom is 0.406 e. The van der Waals surface area contributed by atoms with Crippen molar-refractivity contribution in [2.75, 3.05) is 40.0 Å². The molecule has 0 aromatic rings. The minimum Gasteiger partial charge on any atom is -0.453 e. The van der Waals surface area contributed by atoms with Crippen molar-refractivity contribution < 1.29 is 19.1 Å². The predicted octanol–water partition coefficient (Wildman–Crippen LogP) is 1.01. The van der Waals surface area contributed by atoms with Crippen LogP contribution in [0.3, 0.4) is 0 Å². The molecule has 1 atom stereocenters. The number of rotatable bonds is 6.